The molecular weight excluding hydrogens is 298 g/mol. The number of rotatable bonds is 3. The largest absolute Gasteiger partial charge is 0.478 e. The zero-order valence-corrected chi connectivity index (χ0v) is 13.1. The number of nitrogens with zero attached hydrogens (tertiary/aromatic N) is 1. The van der Waals surface area contributed by atoms with Crippen LogP contribution in [0.5, 0.6) is 0 Å². The number of hydrogen-bond acceptors (Lipinski definition) is 4. The summed E-state index contributed by atoms with van der Waals surface area (Å²) in [6, 6.07) is 2.90. The van der Waals surface area contributed by atoms with Crippen molar-refractivity contribution in [3.63, 3.8) is 0 Å². The lowest BCUT2D eigenvalue weighted by Gasteiger charge is -2.26. The highest BCUT2D eigenvalue weighted by molar-refractivity contribution is 7.99. The summed E-state index contributed by atoms with van der Waals surface area (Å²) in [6.07, 6.45) is 0. The molecule has 1 N–H and O–H groups in total. The van der Waals surface area contributed by atoms with Crippen LogP contribution in [0.15, 0.2) is 17.0 Å². The molecule has 7 heteroatoms. The molecule has 0 atom stereocenters. The lowest BCUT2D eigenvalue weighted by atomic mass is 10.1. The second kappa shape index (κ2) is 5.75. The Bertz CT molecular complexity index is 634. The van der Waals surface area contributed by atoms with E-state index in [1.807, 2.05) is 0 Å². The van der Waals surface area contributed by atoms with Crippen LogP contribution >= 0.6 is 11.8 Å². The van der Waals surface area contributed by atoms with Crippen LogP contribution in [-0.4, -0.2) is 48.4 Å². The number of benzene rings is 1. The maximum atomic E-state index is 12.6. The van der Waals surface area contributed by atoms with E-state index in [1.54, 1.807) is 31.7 Å². The van der Waals surface area contributed by atoms with Crippen molar-refractivity contribution in [3.8, 4) is 0 Å². The minimum Gasteiger partial charge on any atom is -0.478 e. The van der Waals surface area contributed by atoms with E-state index >= 15 is 0 Å². The number of aryl methyl sites for hydroxylation is 2. The van der Waals surface area contributed by atoms with Gasteiger partial charge in [0, 0.05) is 24.6 Å². The third-order valence-electron chi connectivity index (χ3n) is 3.34. The molecule has 1 aliphatic heterocycles. The van der Waals surface area contributed by atoms with E-state index in [0.717, 1.165) is 11.5 Å². The van der Waals surface area contributed by atoms with Crippen molar-refractivity contribution < 1.29 is 18.3 Å². The first-order valence-electron chi connectivity index (χ1n) is 6.26. The first kappa shape index (κ1) is 15.3. The van der Waals surface area contributed by atoms with E-state index in [1.165, 1.54) is 10.4 Å². The van der Waals surface area contributed by atoms with Crippen LogP contribution in [0, 0.1) is 13.8 Å². The molecule has 5 nitrogen and oxygen atoms in total. The van der Waals surface area contributed by atoms with Gasteiger partial charge in [-0.15, -0.1) is 0 Å². The molecule has 1 fully saturated rings. The van der Waals surface area contributed by atoms with Crippen LogP contribution in [-0.2, 0) is 10.0 Å². The van der Waals surface area contributed by atoms with E-state index in [0.29, 0.717) is 24.2 Å². The highest BCUT2D eigenvalue weighted by Crippen LogP contribution is 2.25. The second-order valence-corrected chi connectivity index (χ2v) is 7.89. The highest BCUT2D eigenvalue weighted by Gasteiger charge is 2.28. The molecule has 0 unspecified atom stereocenters. The van der Waals surface area contributed by atoms with Crippen molar-refractivity contribution in [1.29, 1.82) is 0 Å². The van der Waals surface area contributed by atoms with Gasteiger partial charge in [-0.05, 0) is 31.0 Å². The molecule has 0 aliphatic carbocycles. The van der Waals surface area contributed by atoms with E-state index in [4.69, 9.17) is 5.11 Å². The predicted molar refractivity (Wildman–Crippen MR) is 79.0 cm³/mol. The highest BCUT2D eigenvalue weighted by atomic mass is 32.2. The molecule has 0 aromatic heterocycles. The van der Waals surface area contributed by atoms with Crippen molar-refractivity contribution in [2.45, 2.75) is 18.7 Å². The summed E-state index contributed by atoms with van der Waals surface area (Å²) >= 11 is 1.72. The summed E-state index contributed by atoms with van der Waals surface area (Å²) in [4.78, 5) is 11.3. The zero-order valence-electron chi connectivity index (χ0n) is 11.4. The van der Waals surface area contributed by atoms with Gasteiger partial charge in [0.1, 0.15) is 0 Å². The molecule has 1 aromatic carbocycles. The minimum atomic E-state index is -3.61. The van der Waals surface area contributed by atoms with Gasteiger partial charge in [-0.3, -0.25) is 0 Å². The molecule has 2 rings (SSSR count). The van der Waals surface area contributed by atoms with Crippen molar-refractivity contribution in [2.24, 2.45) is 0 Å². The van der Waals surface area contributed by atoms with E-state index in [-0.39, 0.29) is 10.5 Å². The van der Waals surface area contributed by atoms with Gasteiger partial charge in [-0.1, -0.05) is 6.07 Å². The van der Waals surface area contributed by atoms with Crippen LogP contribution in [0.4, 0.5) is 0 Å². The topological polar surface area (TPSA) is 74.7 Å². The fourth-order valence-corrected chi connectivity index (χ4v) is 5.08. The molecule has 110 valence electrons. The summed E-state index contributed by atoms with van der Waals surface area (Å²) in [5.74, 6) is 0.444. The standard InChI is InChI=1S/C13H17NO4S2/c1-9-7-10(2)12(8-11(9)13(15)16)20(17,18)14-3-5-19-6-4-14/h7-8H,3-6H2,1-2H3,(H,15,16). The van der Waals surface area contributed by atoms with Gasteiger partial charge in [-0.2, -0.15) is 16.1 Å². The van der Waals surface area contributed by atoms with Crippen molar-refractivity contribution >= 4 is 27.8 Å². The van der Waals surface area contributed by atoms with Crippen LogP contribution in [0.3, 0.4) is 0 Å². The first-order valence-corrected chi connectivity index (χ1v) is 8.86. The molecule has 1 saturated heterocycles. The third kappa shape index (κ3) is 2.84. The third-order valence-corrected chi connectivity index (χ3v) is 6.32. The zero-order chi connectivity index (χ0) is 14.9. The van der Waals surface area contributed by atoms with Gasteiger partial charge >= 0.3 is 5.97 Å². The average Bonchev–Trinajstić information content (AvgIpc) is 2.39. The van der Waals surface area contributed by atoms with E-state index in [9.17, 15) is 13.2 Å². The van der Waals surface area contributed by atoms with Gasteiger partial charge in [0.25, 0.3) is 0 Å². The van der Waals surface area contributed by atoms with E-state index < -0.39 is 16.0 Å². The van der Waals surface area contributed by atoms with E-state index in [2.05, 4.69) is 0 Å². The maximum absolute atomic E-state index is 12.6. The Labute approximate surface area is 123 Å². The van der Waals surface area contributed by atoms with Gasteiger partial charge in [0.15, 0.2) is 0 Å². The maximum Gasteiger partial charge on any atom is 0.335 e. The Hall–Kier alpha value is -1.05. The molecular formula is C13H17NO4S2. The number of carboxylic acid groups (broad SMARTS) is 1. The monoisotopic (exact) mass is 315 g/mol. The molecule has 0 radical (unpaired) electrons. The molecule has 1 aliphatic rings. The summed E-state index contributed by atoms with van der Waals surface area (Å²) in [7, 11) is -3.61. The number of aromatic carboxylic acids is 1. The summed E-state index contributed by atoms with van der Waals surface area (Å²) < 4.78 is 26.7. The molecule has 0 saturated carbocycles. The smallest absolute Gasteiger partial charge is 0.335 e. The Balaban J connectivity index is 2.50. The number of carboxylic acids is 1. The first-order chi connectivity index (χ1) is 9.34. The Morgan fingerprint density at radius 2 is 1.80 bits per heavy atom. The SMILES string of the molecule is Cc1cc(C)c(S(=O)(=O)N2CCSCC2)cc1C(=O)O. The number of sulfonamides is 1. The van der Waals surface area contributed by atoms with Gasteiger partial charge < -0.3 is 5.11 Å². The fourth-order valence-electron chi connectivity index (χ4n) is 2.27. The fraction of sp³-hybridized carbons (Fsp3) is 0.462. The summed E-state index contributed by atoms with van der Waals surface area (Å²) in [5, 5.41) is 9.15. The van der Waals surface area contributed by atoms with Crippen LogP contribution in [0.25, 0.3) is 0 Å². The quantitative estimate of drug-likeness (QED) is 0.919. The lowest BCUT2D eigenvalue weighted by molar-refractivity contribution is 0.0696. The van der Waals surface area contributed by atoms with Crippen molar-refractivity contribution in [3.05, 3.63) is 28.8 Å². The number of carbonyl (C=O) groups is 1. The molecule has 20 heavy (non-hydrogen) atoms. The second-order valence-electron chi connectivity index (χ2n) is 4.75. The Morgan fingerprint density at radius 3 is 2.35 bits per heavy atom. The normalized spacial score (nSPS) is 17.1. The van der Waals surface area contributed by atoms with Crippen molar-refractivity contribution in [2.75, 3.05) is 24.6 Å². The molecule has 1 aromatic rings. The number of thioether (sulfide) groups is 1. The summed E-state index contributed by atoms with van der Waals surface area (Å²) in [6.45, 7) is 4.32. The number of hydrogen-bond donors (Lipinski definition) is 1. The van der Waals surface area contributed by atoms with Crippen LogP contribution in [0.2, 0.25) is 0 Å². The van der Waals surface area contributed by atoms with Crippen LogP contribution < -0.4 is 0 Å². The minimum absolute atomic E-state index is 0.0422. The van der Waals surface area contributed by atoms with Gasteiger partial charge in [-0.25, -0.2) is 13.2 Å². The predicted octanol–water partition coefficient (Wildman–Crippen LogP) is 1.74. The average molecular weight is 315 g/mol. The Morgan fingerprint density at radius 1 is 1.20 bits per heavy atom. The molecule has 0 amide bonds. The molecule has 0 bridgehead atoms. The summed E-state index contributed by atoms with van der Waals surface area (Å²) in [5.41, 5.74) is 1.20. The molecule has 1 heterocycles. The molecule has 0 spiro atoms. The Kier molecular flexibility index (Phi) is 4.41. The van der Waals surface area contributed by atoms with Crippen molar-refractivity contribution in [1.82, 2.24) is 4.31 Å². The van der Waals surface area contributed by atoms with Gasteiger partial charge in [0.05, 0.1) is 10.5 Å². The lowest BCUT2D eigenvalue weighted by Crippen LogP contribution is -2.38. The van der Waals surface area contributed by atoms with Crippen LogP contribution in [0.1, 0.15) is 21.5 Å². The van der Waals surface area contributed by atoms with Gasteiger partial charge in [0.2, 0.25) is 10.0 Å².